The van der Waals surface area contributed by atoms with Crippen LogP contribution in [0.3, 0.4) is 0 Å². The number of hydrogen-bond acceptors (Lipinski definition) is 4. The van der Waals surface area contributed by atoms with E-state index in [1.807, 2.05) is 19.9 Å². The average molecular weight is 541 g/mol. The second kappa shape index (κ2) is 12.0. The number of nitrogens with one attached hydrogen (secondary N) is 2. The molecule has 2 N–H and O–H groups in total. The molecule has 0 saturated carbocycles. The van der Waals surface area contributed by atoms with Crippen LogP contribution < -0.4 is 10.6 Å². The van der Waals surface area contributed by atoms with Crippen molar-refractivity contribution >= 4 is 39.8 Å². The first-order valence-electron chi connectivity index (χ1n) is 9.80. The van der Waals surface area contributed by atoms with E-state index in [4.69, 9.17) is 9.73 Å². The molecule has 0 spiro atoms. The molecule has 1 aliphatic heterocycles. The zero-order valence-corrected chi connectivity index (χ0v) is 20.6. The van der Waals surface area contributed by atoms with E-state index in [-0.39, 0.29) is 47.0 Å². The van der Waals surface area contributed by atoms with Crippen molar-refractivity contribution in [2.24, 2.45) is 4.99 Å². The third-order valence-electron chi connectivity index (χ3n) is 5.08. The van der Waals surface area contributed by atoms with Crippen LogP contribution in [-0.4, -0.2) is 58.7 Å². The van der Waals surface area contributed by atoms with Gasteiger partial charge in [-0.1, -0.05) is 12.1 Å². The topological polar surface area (TPSA) is 79.8 Å². The predicted molar refractivity (Wildman–Crippen MR) is 126 cm³/mol. The molecule has 0 aromatic heterocycles. The first-order valence-corrected chi connectivity index (χ1v) is 11.9. The van der Waals surface area contributed by atoms with Gasteiger partial charge in [-0.25, -0.2) is 12.8 Å². The lowest BCUT2D eigenvalue weighted by molar-refractivity contribution is 0.0530. The molecule has 0 bridgehead atoms. The highest BCUT2D eigenvalue weighted by Gasteiger charge is 2.34. The molecular formula is C20H33FIN3O3S. The molecule has 1 fully saturated rings. The Kier molecular flexibility index (Phi) is 10.8. The van der Waals surface area contributed by atoms with Gasteiger partial charge in [-0.15, -0.1) is 24.0 Å². The summed E-state index contributed by atoms with van der Waals surface area (Å²) >= 11 is 0. The summed E-state index contributed by atoms with van der Waals surface area (Å²) in [5.41, 5.74) is 0.680. The number of sulfone groups is 1. The number of guanidine groups is 1. The maximum atomic E-state index is 13.8. The smallest absolute Gasteiger partial charge is 0.191 e. The van der Waals surface area contributed by atoms with Crippen LogP contribution in [0.25, 0.3) is 0 Å². The Morgan fingerprint density at radius 3 is 2.62 bits per heavy atom. The van der Waals surface area contributed by atoms with Crippen LogP contribution in [0.1, 0.15) is 38.7 Å². The Bertz CT molecular complexity index is 768. The van der Waals surface area contributed by atoms with Crippen molar-refractivity contribution in [3.63, 3.8) is 0 Å². The number of aliphatic imine (C=N–C) groups is 1. The Morgan fingerprint density at radius 2 is 2.03 bits per heavy atom. The lowest BCUT2D eigenvalue weighted by atomic mass is 9.74. The fraction of sp³-hybridized carbons (Fsp3) is 0.650. The van der Waals surface area contributed by atoms with Gasteiger partial charge in [-0.05, 0) is 50.8 Å². The van der Waals surface area contributed by atoms with Gasteiger partial charge in [-0.2, -0.15) is 0 Å². The first-order chi connectivity index (χ1) is 13.2. The Hall–Kier alpha value is -0.940. The van der Waals surface area contributed by atoms with E-state index >= 15 is 0 Å². The molecule has 1 aromatic carbocycles. The molecule has 1 saturated heterocycles. The van der Waals surface area contributed by atoms with E-state index in [0.717, 1.165) is 18.4 Å². The third kappa shape index (κ3) is 8.75. The standard InChI is InChI=1S/C20H32FN3O3S.HI/c1-4-22-19(24-16(2)8-13-28(3,25)26)23-15-20(9-11-27-12-10-20)17-6-5-7-18(21)14-17;/h5-7,14,16H,4,8-13,15H2,1-3H3,(H2,22,23,24);1H. The summed E-state index contributed by atoms with van der Waals surface area (Å²) < 4.78 is 42.1. The van der Waals surface area contributed by atoms with Crippen LogP contribution in [0.4, 0.5) is 4.39 Å². The summed E-state index contributed by atoms with van der Waals surface area (Å²) in [4.78, 5) is 4.77. The number of halogens is 2. The Labute approximate surface area is 191 Å². The van der Waals surface area contributed by atoms with Gasteiger partial charge in [0.1, 0.15) is 15.7 Å². The van der Waals surface area contributed by atoms with Crippen LogP contribution >= 0.6 is 24.0 Å². The molecule has 1 aliphatic rings. The maximum Gasteiger partial charge on any atom is 0.191 e. The van der Waals surface area contributed by atoms with E-state index in [9.17, 15) is 12.8 Å². The molecule has 1 unspecified atom stereocenters. The summed E-state index contributed by atoms with van der Waals surface area (Å²) in [7, 11) is -3.00. The zero-order chi connectivity index (χ0) is 20.6. The van der Waals surface area contributed by atoms with E-state index < -0.39 is 9.84 Å². The van der Waals surface area contributed by atoms with Gasteiger partial charge in [0.2, 0.25) is 0 Å². The van der Waals surface area contributed by atoms with E-state index in [1.54, 1.807) is 12.1 Å². The van der Waals surface area contributed by atoms with Crippen LogP contribution in [0.5, 0.6) is 0 Å². The molecular weight excluding hydrogens is 508 g/mol. The molecule has 0 radical (unpaired) electrons. The molecule has 1 heterocycles. The molecule has 9 heteroatoms. The fourth-order valence-corrected chi connectivity index (χ4v) is 4.15. The third-order valence-corrected chi connectivity index (χ3v) is 6.05. The van der Waals surface area contributed by atoms with Crippen molar-refractivity contribution in [1.82, 2.24) is 10.6 Å². The van der Waals surface area contributed by atoms with Crippen LogP contribution in [0.15, 0.2) is 29.3 Å². The van der Waals surface area contributed by atoms with Crippen molar-refractivity contribution in [3.05, 3.63) is 35.6 Å². The highest BCUT2D eigenvalue weighted by Crippen LogP contribution is 2.35. The number of nitrogens with zero attached hydrogens (tertiary/aromatic N) is 1. The molecule has 166 valence electrons. The van der Waals surface area contributed by atoms with Crippen molar-refractivity contribution in [3.8, 4) is 0 Å². The molecule has 29 heavy (non-hydrogen) atoms. The summed E-state index contributed by atoms with van der Waals surface area (Å²) in [6.07, 6.45) is 3.31. The molecule has 1 atom stereocenters. The van der Waals surface area contributed by atoms with Crippen molar-refractivity contribution < 1.29 is 17.5 Å². The van der Waals surface area contributed by atoms with Gasteiger partial charge in [0.05, 0.1) is 12.3 Å². The van der Waals surface area contributed by atoms with Gasteiger partial charge in [0, 0.05) is 37.5 Å². The summed E-state index contributed by atoms with van der Waals surface area (Å²) in [6.45, 7) is 6.38. The van der Waals surface area contributed by atoms with Gasteiger partial charge < -0.3 is 15.4 Å². The Balaban J connectivity index is 0.00000420. The maximum absolute atomic E-state index is 13.8. The van der Waals surface area contributed by atoms with Crippen molar-refractivity contribution in [2.75, 3.05) is 38.3 Å². The SMILES string of the molecule is CCNC(=NCC1(c2cccc(F)c2)CCOCC1)NC(C)CCS(C)(=O)=O.I. The zero-order valence-electron chi connectivity index (χ0n) is 17.4. The van der Waals surface area contributed by atoms with E-state index in [0.29, 0.717) is 38.7 Å². The summed E-state index contributed by atoms with van der Waals surface area (Å²) in [5.74, 6) is 0.531. The monoisotopic (exact) mass is 541 g/mol. The molecule has 0 amide bonds. The highest BCUT2D eigenvalue weighted by atomic mass is 127. The second-order valence-electron chi connectivity index (χ2n) is 7.56. The number of benzene rings is 1. The van der Waals surface area contributed by atoms with Gasteiger partial charge in [-0.3, -0.25) is 4.99 Å². The van der Waals surface area contributed by atoms with Gasteiger partial charge >= 0.3 is 0 Å². The number of ether oxygens (including phenoxy) is 1. The van der Waals surface area contributed by atoms with Crippen molar-refractivity contribution in [1.29, 1.82) is 0 Å². The van der Waals surface area contributed by atoms with Crippen LogP contribution in [0, 0.1) is 5.82 Å². The van der Waals surface area contributed by atoms with Crippen LogP contribution in [-0.2, 0) is 20.0 Å². The number of hydrogen-bond donors (Lipinski definition) is 2. The quantitative estimate of drug-likeness (QED) is 0.301. The molecule has 1 aromatic rings. The Morgan fingerprint density at radius 1 is 1.34 bits per heavy atom. The largest absolute Gasteiger partial charge is 0.381 e. The van der Waals surface area contributed by atoms with E-state index in [1.165, 1.54) is 12.3 Å². The highest BCUT2D eigenvalue weighted by molar-refractivity contribution is 14.0. The molecule has 2 rings (SSSR count). The first kappa shape index (κ1) is 26.1. The predicted octanol–water partition coefficient (Wildman–Crippen LogP) is 2.87. The number of rotatable bonds is 8. The van der Waals surface area contributed by atoms with Gasteiger partial charge in [0.15, 0.2) is 5.96 Å². The minimum absolute atomic E-state index is 0. The summed E-state index contributed by atoms with van der Waals surface area (Å²) in [5, 5.41) is 6.49. The minimum atomic E-state index is -3.00. The molecule has 6 nitrogen and oxygen atoms in total. The molecule has 0 aliphatic carbocycles. The fourth-order valence-electron chi connectivity index (χ4n) is 3.37. The van der Waals surface area contributed by atoms with Crippen molar-refractivity contribution in [2.45, 2.75) is 44.6 Å². The average Bonchev–Trinajstić information content (AvgIpc) is 2.65. The minimum Gasteiger partial charge on any atom is -0.381 e. The normalized spacial score (nSPS) is 17.9. The van der Waals surface area contributed by atoms with Crippen LogP contribution in [0.2, 0.25) is 0 Å². The lowest BCUT2D eigenvalue weighted by Gasteiger charge is -2.36. The van der Waals surface area contributed by atoms with Gasteiger partial charge in [0.25, 0.3) is 0 Å². The summed E-state index contributed by atoms with van der Waals surface area (Å²) in [6, 6.07) is 6.71. The van der Waals surface area contributed by atoms with E-state index in [2.05, 4.69) is 10.6 Å². The second-order valence-corrected chi connectivity index (χ2v) is 9.82. The lowest BCUT2D eigenvalue weighted by Crippen LogP contribution is -2.44.